The molecule has 0 amide bonds. The average molecular weight is 399 g/mol. The second-order valence-electron chi connectivity index (χ2n) is 6.65. The summed E-state index contributed by atoms with van der Waals surface area (Å²) in [6.45, 7) is 4.18. The van der Waals surface area contributed by atoms with Gasteiger partial charge in [0.2, 0.25) is 10.0 Å². The number of hydrogen-bond donors (Lipinski definition) is 0. The van der Waals surface area contributed by atoms with Crippen molar-refractivity contribution in [2.24, 2.45) is 0 Å². The third kappa shape index (κ3) is 4.95. The third-order valence-corrected chi connectivity index (χ3v) is 6.74. The molecular formula is C17H25N3O6S. The zero-order valence-electron chi connectivity index (χ0n) is 15.2. The van der Waals surface area contributed by atoms with E-state index in [0.29, 0.717) is 26.4 Å². The highest BCUT2D eigenvalue weighted by atomic mass is 32.2. The summed E-state index contributed by atoms with van der Waals surface area (Å²) in [4.78, 5) is 13.0. The Bertz CT molecular complexity index is 758. The van der Waals surface area contributed by atoms with E-state index in [1.165, 1.54) is 22.9 Å². The Morgan fingerprint density at radius 3 is 2.48 bits per heavy atom. The van der Waals surface area contributed by atoms with Gasteiger partial charge in [-0.2, -0.15) is 4.31 Å². The van der Waals surface area contributed by atoms with Crippen molar-refractivity contribution in [2.45, 2.75) is 24.2 Å². The van der Waals surface area contributed by atoms with Crippen molar-refractivity contribution < 1.29 is 22.8 Å². The molecule has 0 N–H and O–H groups in total. The van der Waals surface area contributed by atoms with Crippen molar-refractivity contribution in [3.05, 3.63) is 28.3 Å². The Kier molecular flexibility index (Phi) is 6.64. The van der Waals surface area contributed by atoms with E-state index in [0.717, 1.165) is 32.0 Å². The van der Waals surface area contributed by atoms with Crippen LogP contribution in [0.1, 0.15) is 19.3 Å². The topological polar surface area (TPSA) is 102 Å². The van der Waals surface area contributed by atoms with Crippen LogP contribution in [-0.4, -0.2) is 75.1 Å². The Morgan fingerprint density at radius 1 is 1.11 bits per heavy atom. The first-order valence-electron chi connectivity index (χ1n) is 9.20. The number of rotatable bonds is 7. The molecule has 9 nitrogen and oxygen atoms in total. The van der Waals surface area contributed by atoms with Crippen LogP contribution in [0, 0.1) is 10.1 Å². The first-order chi connectivity index (χ1) is 13.0. The Labute approximate surface area is 159 Å². The minimum Gasteiger partial charge on any atom is -0.485 e. The molecule has 2 fully saturated rings. The van der Waals surface area contributed by atoms with Crippen LogP contribution in [0.4, 0.5) is 5.69 Å². The molecule has 0 aliphatic carbocycles. The van der Waals surface area contributed by atoms with Crippen LogP contribution in [0.3, 0.4) is 0 Å². The lowest BCUT2D eigenvalue weighted by Crippen LogP contribution is -2.40. The molecule has 0 spiro atoms. The number of sulfonamides is 1. The molecule has 1 aromatic carbocycles. The zero-order chi connectivity index (χ0) is 19.3. The van der Waals surface area contributed by atoms with Crippen LogP contribution in [-0.2, 0) is 14.8 Å². The van der Waals surface area contributed by atoms with E-state index in [9.17, 15) is 18.5 Å². The van der Waals surface area contributed by atoms with Gasteiger partial charge in [-0.1, -0.05) is 6.42 Å². The van der Waals surface area contributed by atoms with Crippen LogP contribution in [0.5, 0.6) is 5.75 Å². The molecular weight excluding hydrogens is 374 g/mol. The van der Waals surface area contributed by atoms with Gasteiger partial charge in [-0.15, -0.1) is 0 Å². The summed E-state index contributed by atoms with van der Waals surface area (Å²) in [7, 11) is -3.79. The Balaban J connectivity index is 1.71. The van der Waals surface area contributed by atoms with Gasteiger partial charge in [0.25, 0.3) is 0 Å². The van der Waals surface area contributed by atoms with Crippen LogP contribution < -0.4 is 4.74 Å². The predicted octanol–water partition coefficient (Wildman–Crippen LogP) is 1.48. The second-order valence-corrected chi connectivity index (χ2v) is 8.59. The standard InChI is InChI=1S/C17H25N3O6S/c21-20(22)16-14-15(27(23,24)19-9-11-25-12-10-19)4-5-17(16)26-13-8-18-6-2-1-3-7-18/h4-5,14H,1-3,6-13H2. The number of likely N-dealkylation sites (tertiary alicyclic amines) is 1. The first-order valence-corrected chi connectivity index (χ1v) is 10.6. The lowest BCUT2D eigenvalue weighted by molar-refractivity contribution is -0.386. The summed E-state index contributed by atoms with van der Waals surface area (Å²) < 4.78 is 37.4. The molecule has 0 aromatic heterocycles. The van der Waals surface area contributed by atoms with E-state index in [1.807, 2.05) is 0 Å². The van der Waals surface area contributed by atoms with Crippen LogP contribution in [0.25, 0.3) is 0 Å². The average Bonchev–Trinajstić information content (AvgIpc) is 2.69. The highest BCUT2D eigenvalue weighted by Gasteiger charge is 2.29. The normalized spacial score (nSPS) is 19.7. The summed E-state index contributed by atoms with van der Waals surface area (Å²) in [5.41, 5.74) is -0.331. The van der Waals surface area contributed by atoms with E-state index >= 15 is 0 Å². The fourth-order valence-corrected chi connectivity index (χ4v) is 4.75. The van der Waals surface area contributed by atoms with Gasteiger partial charge >= 0.3 is 5.69 Å². The molecule has 0 radical (unpaired) electrons. The van der Waals surface area contributed by atoms with Gasteiger partial charge in [0, 0.05) is 25.7 Å². The Hall–Kier alpha value is -1.75. The van der Waals surface area contributed by atoms with Gasteiger partial charge in [0.05, 0.1) is 23.0 Å². The number of piperidine rings is 1. The highest BCUT2D eigenvalue weighted by molar-refractivity contribution is 7.89. The van der Waals surface area contributed by atoms with E-state index in [1.54, 1.807) is 0 Å². The number of hydrogen-bond acceptors (Lipinski definition) is 7. The predicted molar refractivity (Wildman–Crippen MR) is 98.5 cm³/mol. The summed E-state index contributed by atoms with van der Waals surface area (Å²) >= 11 is 0. The van der Waals surface area contributed by atoms with E-state index in [2.05, 4.69) is 4.90 Å². The van der Waals surface area contributed by atoms with Crippen molar-refractivity contribution in [1.29, 1.82) is 0 Å². The minimum absolute atomic E-state index is 0.0953. The van der Waals surface area contributed by atoms with Gasteiger partial charge in [-0.25, -0.2) is 8.42 Å². The van der Waals surface area contributed by atoms with Crippen molar-refractivity contribution in [3.8, 4) is 5.75 Å². The molecule has 2 aliphatic rings. The number of ether oxygens (including phenoxy) is 2. The maximum Gasteiger partial charge on any atom is 0.312 e. The lowest BCUT2D eigenvalue weighted by Gasteiger charge is -2.26. The summed E-state index contributed by atoms with van der Waals surface area (Å²) in [6.07, 6.45) is 3.56. The van der Waals surface area contributed by atoms with E-state index < -0.39 is 14.9 Å². The molecule has 2 aliphatic heterocycles. The number of benzene rings is 1. The van der Waals surface area contributed by atoms with Gasteiger partial charge in [-0.05, 0) is 38.1 Å². The molecule has 1 aromatic rings. The second kappa shape index (κ2) is 8.96. The Morgan fingerprint density at radius 2 is 1.81 bits per heavy atom. The summed E-state index contributed by atoms with van der Waals surface area (Å²) in [5.74, 6) is 0.0953. The third-order valence-electron chi connectivity index (χ3n) is 4.85. The fourth-order valence-electron chi connectivity index (χ4n) is 3.33. The maximum atomic E-state index is 12.7. The fraction of sp³-hybridized carbons (Fsp3) is 0.647. The van der Waals surface area contributed by atoms with Gasteiger partial charge in [-0.3, -0.25) is 15.0 Å². The molecule has 0 atom stereocenters. The van der Waals surface area contributed by atoms with Gasteiger partial charge < -0.3 is 9.47 Å². The number of nitrogens with zero attached hydrogens (tertiary/aromatic N) is 3. The van der Waals surface area contributed by atoms with Gasteiger partial charge in [0.1, 0.15) is 6.61 Å². The molecule has 0 bridgehead atoms. The molecule has 10 heteroatoms. The quantitative estimate of drug-likeness (QED) is 0.505. The van der Waals surface area contributed by atoms with Crippen molar-refractivity contribution in [1.82, 2.24) is 9.21 Å². The maximum absolute atomic E-state index is 12.7. The number of morpholine rings is 1. The van der Waals surface area contributed by atoms with E-state index in [-0.39, 0.29) is 29.4 Å². The minimum atomic E-state index is -3.79. The molecule has 150 valence electrons. The van der Waals surface area contributed by atoms with Crippen molar-refractivity contribution in [3.63, 3.8) is 0 Å². The van der Waals surface area contributed by atoms with Crippen LogP contribution >= 0.6 is 0 Å². The summed E-state index contributed by atoms with van der Waals surface area (Å²) in [6, 6.07) is 3.83. The van der Waals surface area contributed by atoms with Crippen molar-refractivity contribution in [2.75, 3.05) is 52.5 Å². The number of nitro benzene ring substituents is 1. The largest absolute Gasteiger partial charge is 0.485 e. The molecule has 0 unspecified atom stereocenters. The summed E-state index contributed by atoms with van der Waals surface area (Å²) in [5, 5.41) is 11.4. The first kappa shape index (κ1) is 20.0. The van der Waals surface area contributed by atoms with Crippen LogP contribution in [0.15, 0.2) is 23.1 Å². The van der Waals surface area contributed by atoms with Crippen molar-refractivity contribution >= 4 is 15.7 Å². The molecule has 2 saturated heterocycles. The number of nitro groups is 1. The monoisotopic (exact) mass is 399 g/mol. The zero-order valence-corrected chi connectivity index (χ0v) is 16.0. The van der Waals surface area contributed by atoms with Crippen LogP contribution in [0.2, 0.25) is 0 Å². The van der Waals surface area contributed by atoms with E-state index in [4.69, 9.17) is 9.47 Å². The molecule has 27 heavy (non-hydrogen) atoms. The van der Waals surface area contributed by atoms with Gasteiger partial charge in [0.15, 0.2) is 5.75 Å². The molecule has 0 saturated carbocycles. The lowest BCUT2D eigenvalue weighted by atomic mass is 10.1. The smallest absolute Gasteiger partial charge is 0.312 e. The molecule has 3 rings (SSSR count). The molecule has 2 heterocycles. The highest BCUT2D eigenvalue weighted by Crippen LogP contribution is 2.31. The SMILES string of the molecule is O=[N+]([O-])c1cc(S(=O)(=O)N2CCOCC2)ccc1OCCN1CCCCC1.